The molecule has 1 unspecified atom stereocenters. The Morgan fingerprint density at radius 3 is 2.62 bits per heavy atom. The first kappa shape index (κ1) is 17.5. The second kappa shape index (κ2) is 7.71. The van der Waals surface area contributed by atoms with Crippen LogP contribution < -0.4 is 5.32 Å². The van der Waals surface area contributed by atoms with Crippen LogP contribution in [-0.2, 0) is 16.1 Å². The fraction of sp³-hybridized carbons (Fsp3) is 0.158. The summed E-state index contributed by atoms with van der Waals surface area (Å²) < 4.78 is 10.8. The molecular formula is C19H17NO6. The topological polar surface area (TPSA) is 109 Å². The molecule has 3 N–H and O–H groups in total. The van der Waals surface area contributed by atoms with Crippen molar-refractivity contribution < 1.29 is 29.0 Å². The molecule has 7 heteroatoms. The number of rotatable bonds is 7. The van der Waals surface area contributed by atoms with Gasteiger partial charge in [-0.05, 0) is 29.8 Å². The van der Waals surface area contributed by atoms with Crippen molar-refractivity contribution in [2.24, 2.45) is 0 Å². The molecule has 1 aromatic heterocycles. The molecule has 26 heavy (non-hydrogen) atoms. The lowest BCUT2D eigenvalue weighted by Crippen LogP contribution is -2.43. The number of aliphatic carboxylic acids is 1. The molecule has 1 atom stereocenters. The lowest BCUT2D eigenvalue weighted by molar-refractivity contribution is -0.141. The predicted octanol–water partition coefficient (Wildman–Crippen LogP) is 2.54. The van der Waals surface area contributed by atoms with E-state index >= 15 is 0 Å². The van der Waals surface area contributed by atoms with Crippen LogP contribution in [0, 0.1) is 0 Å². The number of carboxylic acids is 1. The summed E-state index contributed by atoms with van der Waals surface area (Å²) in [4.78, 5) is 23.6. The maximum atomic E-state index is 12.3. The number of phenolic OH excluding ortho intramolecular Hbond substituents is 1. The van der Waals surface area contributed by atoms with Crippen LogP contribution in [0.15, 0.2) is 59.0 Å². The summed E-state index contributed by atoms with van der Waals surface area (Å²) in [5, 5.41) is 21.7. The van der Waals surface area contributed by atoms with Gasteiger partial charge < -0.3 is 24.7 Å². The molecule has 1 amide bonds. The number of phenols is 1. The second-order valence-electron chi connectivity index (χ2n) is 5.70. The molecule has 0 radical (unpaired) electrons. The van der Waals surface area contributed by atoms with Crippen molar-refractivity contribution in [3.8, 4) is 5.75 Å². The SMILES string of the molecule is O=C(NC(COCc1ccccc1)C(=O)O)c1cc2cc(O)ccc2o1. The van der Waals surface area contributed by atoms with Gasteiger partial charge in [0.2, 0.25) is 0 Å². The molecule has 0 aliphatic rings. The fourth-order valence-electron chi connectivity index (χ4n) is 2.42. The molecular weight excluding hydrogens is 338 g/mol. The van der Waals surface area contributed by atoms with Crippen molar-refractivity contribution in [3.63, 3.8) is 0 Å². The van der Waals surface area contributed by atoms with Crippen molar-refractivity contribution in [3.05, 3.63) is 65.9 Å². The number of fused-ring (bicyclic) bond motifs is 1. The molecule has 0 bridgehead atoms. The van der Waals surface area contributed by atoms with Gasteiger partial charge in [-0.3, -0.25) is 4.79 Å². The van der Waals surface area contributed by atoms with Crippen LogP contribution in [-0.4, -0.2) is 34.7 Å². The minimum atomic E-state index is -1.21. The van der Waals surface area contributed by atoms with Gasteiger partial charge in [0.15, 0.2) is 11.8 Å². The summed E-state index contributed by atoms with van der Waals surface area (Å²) in [6.07, 6.45) is 0. The zero-order chi connectivity index (χ0) is 18.5. The van der Waals surface area contributed by atoms with E-state index in [9.17, 15) is 19.8 Å². The van der Waals surface area contributed by atoms with E-state index in [0.29, 0.717) is 11.0 Å². The monoisotopic (exact) mass is 355 g/mol. The molecule has 0 aliphatic carbocycles. The van der Waals surface area contributed by atoms with Gasteiger partial charge in [0.25, 0.3) is 5.91 Å². The molecule has 0 aliphatic heterocycles. The van der Waals surface area contributed by atoms with Crippen LogP contribution in [0.3, 0.4) is 0 Å². The van der Waals surface area contributed by atoms with Crippen LogP contribution in [0.5, 0.6) is 5.75 Å². The van der Waals surface area contributed by atoms with Crippen LogP contribution in [0.1, 0.15) is 16.1 Å². The molecule has 2 aromatic carbocycles. The quantitative estimate of drug-likeness (QED) is 0.601. The van der Waals surface area contributed by atoms with Gasteiger partial charge in [-0.15, -0.1) is 0 Å². The average Bonchev–Trinajstić information content (AvgIpc) is 3.04. The molecule has 0 saturated heterocycles. The van der Waals surface area contributed by atoms with Crippen LogP contribution in [0.4, 0.5) is 0 Å². The number of amides is 1. The zero-order valence-electron chi connectivity index (χ0n) is 13.7. The van der Waals surface area contributed by atoms with Gasteiger partial charge >= 0.3 is 5.97 Å². The van der Waals surface area contributed by atoms with E-state index in [2.05, 4.69) is 5.32 Å². The number of hydrogen-bond donors (Lipinski definition) is 3. The highest BCUT2D eigenvalue weighted by molar-refractivity contribution is 5.98. The first-order valence-electron chi connectivity index (χ1n) is 7.91. The van der Waals surface area contributed by atoms with Gasteiger partial charge in [0.05, 0.1) is 13.2 Å². The van der Waals surface area contributed by atoms with Gasteiger partial charge in [-0.25, -0.2) is 4.79 Å². The Hall–Kier alpha value is -3.32. The van der Waals surface area contributed by atoms with E-state index in [1.165, 1.54) is 24.3 Å². The van der Waals surface area contributed by atoms with E-state index in [-0.39, 0.29) is 24.7 Å². The lowest BCUT2D eigenvalue weighted by Gasteiger charge is -2.14. The molecule has 0 saturated carbocycles. The molecule has 0 fully saturated rings. The first-order valence-corrected chi connectivity index (χ1v) is 7.91. The van der Waals surface area contributed by atoms with Crippen LogP contribution in [0.25, 0.3) is 11.0 Å². The second-order valence-corrected chi connectivity index (χ2v) is 5.70. The molecule has 134 valence electrons. The summed E-state index contributed by atoms with van der Waals surface area (Å²) >= 11 is 0. The Balaban J connectivity index is 1.62. The third kappa shape index (κ3) is 4.20. The number of aromatic hydroxyl groups is 1. The smallest absolute Gasteiger partial charge is 0.328 e. The van der Waals surface area contributed by atoms with Gasteiger partial charge in [0, 0.05) is 5.39 Å². The third-order valence-corrected chi connectivity index (χ3v) is 3.72. The fourth-order valence-corrected chi connectivity index (χ4v) is 2.42. The molecule has 1 heterocycles. The number of carbonyl (C=O) groups is 2. The van der Waals surface area contributed by atoms with Crippen molar-refractivity contribution >= 4 is 22.8 Å². The highest BCUT2D eigenvalue weighted by Gasteiger charge is 2.23. The predicted molar refractivity (Wildman–Crippen MR) is 92.9 cm³/mol. The number of benzene rings is 2. The summed E-state index contributed by atoms with van der Waals surface area (Å²) in [6, 6.07) is 13.9. The molecule has 3 aromatic rings. The Labute approximate surface area is 148 Å². The summed E-state index contributed by atoms with van der Waals surface area (Å²) in [5.41, 5.74) is 1.32. The van der Waals surface area contributed by atoms with Gasteiger partial charge in [0.1, 0.15) is 11.3 Å². The maximum absolute atomic E-state index is 12.3. The minimum Gasteiger partial charge on any atom is -0.508 e. The Bertz CT molecular complexity index is 918. The molecule has 0 spiro atoms. The number of furan rings is 1. The standard InChI is InChI=1S/C19H17NO6/c21-14-6-7-16-13(8-14)9-17(26-16)18(22)20-15(19(23)24)11-25-10-12-4-2-1-3-5-12/h1-9,15,21H,10-11H2,(H,20,22)(H,23,24). The highest BCUT2D eigenvalue weighted by atomic mass is 16.5. The van der Waals surface area contributed by atoms with Crippen molar-refractivity contribution in [1.29, 1.82) is 0 Å². The normalized spacial score (nSPS) is 12.0. The van der Waals surface area contributed by atoms with E-state index in [0.717, 1.165) is 5.56 Å². The Kier molecular flexibility index (Phi) is 5.19. The first-order chi connectivity index (χ1) is 12.5. The van der Waals surface area contributed by atoms with E-state index in [1.807, 2.05) is 30.3 Å². The number of hydrogen-bond acceptors (Lipinski definition) is 5. The van der Waals surface area contributed by atoms with Crippen molar-refractivity contribution in [2.75, 3.05) is 6.61 Å². The van der Waals surface area contributed by atoms with Crippen LogP contribution >= 0.6 is 0 Å². The number of nitrogens with one attached hydrogen (secondary N) is 1. The number of ether oxygens (including phenoxy) is 1. The number of carboxylic acid groups (broad SMARTS) is 1. The van der Waals surface area contributed by atoms with E-state index in [4.69, 9.17) is 9.15 Å². The minimum absolute atomic E-state index is 0.0418. The average molecular weight is 355 g/mol. The van der Waals surface area contributed by atoms with Crippen LogP contribution in [0.2, 0.25) is 0 Å². The highest BCUT2D eigenvalue weighted by Crippen LogP contribution is 2.23. The van der Waals surface area contributed by atoms with Crippen molar-refractivity contribution in [1.82, 2.24) is 5.32 Å². The Morgan fingerprint density at radius 1 is 1.12 bits per heavy atom. The summed E-state index contributed by atoms with van der Waals surface area (Å²) in [5.74, 6) is -1.88. The van der Waals surface area contributed by atoms with E-state index in [1.54, 1.807) is 0 Å². The summed E-state index contributed by atoms with van der Waals surface area (Å²) in [6.45, 7) is 0.0569. The molecule has 3 rings (SSSR count). The lowest BCUT2D eigenvalue weighted by atomic mass is 10.2. The summed E-state index contributed by atoms with van der Waals surface area (Å²) in [7, 11) is 0. The largest absolute Gasteiger partial charge is 0.508 e. The van der Waals surface area contributed by atoms with Gasteiger partial charge in [-0.1, -0.05) is 30.3 Å². The number of carbonyl (C=O) groups excluding carboxylic acids is 1. The molecule has 7 nitrogen and oxygen atoms in total. The van der Waals surface area contributed by atoms with Gasteiger partial charge in [-0.2, -0.15) is 0 Å². The van der Waals surface area contributed by atoms with E-state index < -0.39 is 17.9 Å². The zero-order valence-corrected chi connectivity index (χ0v) is 13.7. The van der Waals surface area contributed by atoms with Crippen molar-refractivity contribution in [2.45, 2.75) is 12.6 Å². The third-order valence-electron chi connectivity index (χ3n) is 3.72. The Morgan fingerprint density at radius 2 is 1.88 bits per heavy atom. The maximum Gasteiger partial charge on any atom is 0.328 e.